The van der Waals surface area contributed by atoms with E-state index in [1.807, 2.05) is 22.9 Å². The molecule has 2 rings (SSSR count). The first-order valence-corrected chi connectivity index (χ1v) is 6.85. The van der Waals surface area contributed by atoms with Crippen LogP contribution in [0, 0.1) is 17.6 Å². The van der Waals surface area contributed by atoms with Crippen LogP contribution in [-0.4, -0.2) is 11.1 Å². The van der Waals surface area contributed by atoms with Gasteiger partial charge in [0, 0.05) is 24.0 Å². The van der Waals surface area contributed by atoms with Gasteiger partial charge in [-0.15, -0.1) is 0 Å². The maximum Gasteiger partial charge on any atom is 0.128 e. The summed E-state index contributed by atoms with van der Waals surface area (Å²) in [6, 6.07) is 7.47. The van der Waals surface area contributed by atoms with E-state index in [1.54, 1.807) is 0 Å². The summed E-state index contributed by atoms with van der Waals surface area (Å²) < 4.78 is 28.8. The third-order valence-electron chi connectivity index (χ3n) is 3.13. The van der Waals surface area contributed by atoms with Crippen molar-refractivity contribution in [3.05, 3.63) is 59.4 Å². The minimum atomic E-state index is -0.409. The zero-order chi connectivity index (χ0) is 14.5. The summed E-state index contributed by atoms with van der Waals surface area (Å²) in [6.07, 6.45) is 1.89. The standard InChI is InChI=1S/C16H20F2N2/c1-12(2)9-19-10-15-4-3-7-20(15)11-13-8-14(17)5-6-16(13)18/h3-8,12,19H,9-11H2,1-2H3. The molecule has 1 aromatic carbocycles. The lowest BCUT2D eigenvalue weighted by Gasteiger charge is -2.12. The Bertz CT molecular complexity index is 561. The highest BCUT2D eigenvalue weighted by molar-refractivity contribution is 5.20. The Morgan fingerprint density at radius 3 is 2.75 bits per heavy atom. The monoisotopic (exact) mass is 278 g/mol. The summed E-state index contributed by atoms with van der Waals surface area (Å²) in [5, 5.41) is 3.35. The molecule has 0 aliphatic rings. The van der Waals surface area contributed by atoms with Crippen LogP contribution in [0.1, 0.15) is 25.1 Å². The molecule has 2 aromatic rings. The van der Waals surface area contributed by atoms with E-state index in [2.05, 4.69) is 19.2 Å². The van der Waals surface area contributed by atoms with Gasteiger partial charge >= 0.3 is 0 Å². The van der Waals surface area contributed by atoms with Crippen molar-refractivity contribution in [2.45, 2.75) is 26.9 Å². The second-order valence-corrected chi connectivity index (χ2v) is 5.39. The molecule has 0 saturated carbocycles. The number of halogens is 2. The Balaban J connectivity index is 2.06. The average molecular weight is 278 g/mol. The van der Waals surface area contributed by atoms with Crippen LogP contribution in [0.2, 0.25) is 0 Å². The van der Waals surface area contributed by atoms with Gasteiger partial charge < -0.3 is 9.88 Å². The van der Waals surface area contributed by atoms with E-state index in [0.29, 0.717) is 18.0 Å². The summed E-state index contributed by atoms with van der Waals surface area (Å²) in [7, 11) is 0. The van der Waals surface area contributed by atoms with Gasteiger partial charge in [0.25, 0.3) is 0 Å². The van der Waals surface area contributed by atoms with Crippen LogP contribution >= 0.6 is 0 Å². The van der Waals surface area contributed by atoms with Gasteiger partial charge in [0.2, 0.25) is 0 Å². The van der Waals surface area contributed by atoms with E-state index in [-0.39, 0.29) is 5.82 Å². The van der Waals surface area contributed by atoms with Crippen LogP contribution in [0.3, 0.4) is 0 Å². The van der Waals surface area contributed by atoms with Gasteiger partial charge in [-0.05, 0) is 42.8 Å². The molecule has 0 radical (unpaired) electrons. The van der Waals surface area contributed by atoms with Crippen molar-refractivity contribution in [3.8, 4) is 0 Å². The first-order chi connectivity index (χ1) is 9.56. The molecular formula is C16H20F2N2. The number of hydrogen-bond donors (Lipinski definition) is 1. The Kier molecular flexibility index (Phi) is 4.90. The van der Waals surface area contributed by atoms with E-state index in [9.17, 15) is 8.78 Å². The summed E-state index contributed by atoms with van der Waals surface area (Å²) >= 11 is 0. The fourth-order valence-electron chi connectivity index (χ4n) is 2.10. The van der Waals surface area contributed by atoms with Crippen LogP contribution < -0.4 is 5.32 Å². The van der Waals surface area contributed by atoms with Crippen molar-refractivity contribution >= 4 is 0 Å². The van der Waals surface area contributed by atoms with Gasteiger partial charge in [-0.1, -0.05) is 13.8 Å². The average Bonchev–Trinajstić information content (AvgIpc) is 2.81. The minimum absolute atomic E-state index is 0.343. The highest BCUT2D eigenvalue weighted by atomic mass is 19.1. The summed E-state index contributed by atoms with van der Waals surface area (Å²) in [5.41, 5.74) is 1.43. The molecule has 4 heteroatoms. The molecule has 0 amide bonds. The van der Waals surface area contributed by atoms with Gasteiger partial charge in [0.15, 0.2) is 0 Å². The third-order valence-corrected chi connectivity index (χ3v) is 3.13. The number of hydrogen-bond acceptors (Lipinski definition) is 1. The lowest BCUT2D eigenvalue weighted by Crippen LogP contribution is -2.21. The van der Waals surface area contributed by atoms with Crippen molar-refractivity contribution in [2.75, 3.05) is 6.54 Å². The quantitative estimate of drug-likeness (QED) is 0.855. The molecule has 1 aromatic heterocycles. The topological polar surface area (TPSA) is 17.0 Å². The highest BCUT2D eigenvalue weighted by Crippen LogP contribution is 2.13. The fourth-order valence-corrected chi connectivity index (χ4v) is 2.10. The van der Waals surface area contributed by atoms with Crippen molar-refractivity contribution in [2.24, 2.45) is 5.92 Å². The molecule has 0 unspecified atom stereocenters. The molecule has 108 valence electrons. The molecule has 1 heterocycles. The second kappa shape index (κ2) is 6.66. The lowest BCUT2D eigenvalue weighted by molar-refractivity contribution is 0.534. The van der Waals surface area contributed by atoms with Crippen LogP contribution in [0.25, 0.3) is 0 Å². The third kappa shape index (κ3) is 3.90. The molecule has 0 aliphatic heterocycles. The van der Waals surface area contributed by atoms with E-state index < -0.39 is 5.82 Å². The fraction of sp³-hybridized carbons (Fsp3) is 0.375. The molecule has 0 spiro atoms. The zero-order valence-corrected chi connectivity index (χ0v) is 11.9. The predicted octanol–water partition coefficient (Wildman–Crippen LogP) is 3.56. The molecule has 20 heavy (non-hydrogen) atoms. The molecule has 2 nitrogen and oxygen atoms in total. The summed E-state index contributed by atoms with van der Waals surface area (Å²) in [4.78, 5) is 0. The summed E-state index contributed by atoms with van der Waals surface area (Å²) in [6.45, 7) is 6.29. The van der Waals surface area contributed by atoms with E-state index in [1.165, 1.54) is 12.1 Å². The number of nitrogens with one attached hydrogen (secondary N) is 1. The maximum absolute atomic E-state index is 13.7. The highest BCUT2D eigenvalue weighted by Gasteiger charge is 2.07. The molecular weight excluding hydrogens is 258 g/mol. The van der Waals surface area contributed by atoms with Gasteiger partial charge in [0.1, 0.15) is 11.6 Å². The molecule has 0 atom stereocenters. The maximum atomic E-state index is 13.7. The van der Waals surface area contributed by atoms with Crippen LogP contribution in [-0.2, 0) is 13.1 Å². The van der Waals surface area contributed by atoms with Crippen molar-refractivity contribution in [1.82, 2.24) is 9.88 Å². The molecule has 1 N–H and O–H groups in total. The minimum Gasteiger partial charge on any atom is -0.346 e. The number of aromatic nitrogens is 1. The largest absolute Gasteiger partial charge is 0.346 e. The normalized spacial score (nSPS) is 11.2. The van der Waals surface area contributed by atoms with Crippen molar-refractivity contribution in [3.63, 3.8) is 0 Å². The molecule has 0 fully saturated rings. The SMILES string of the molecule is CC(C)CNCc1cccn1Cc1cc(F)ccc1F. The Hall–Kier alpha value is -1.68. The first-order valence-electron chi connectivity index (χ1n) is 6.85. The van der Waals surface area contributed by atoms with Crippen LogP contribution in [0.4, 0.5) is 8.78 Å². The van der Waals surface area contributed by atoms with Crippen LogP contribution in [0.5, 0.6) is 0 Å². The number of nitrogens with zero attached hydrogens (tertiary/aromatic N) is 1. The van der Waals surface area contributed by atoms with Gasteiger partial charge in [-0.2, -0.15) is 0 Å². The Labute approximate surface area is 118 Å². The lowest BCUT2D eigenvalue weighted by atomic mass is 10.2. The second-order valence-electron chi connectivity index (χ2n) is 5.39. The van der Waals surface area contributed by atoms with Gasteiger partial charge in [-0.3, -0.25) is 0 Å². The zero-order valence-electron chi connectivity index (χ0n) is 11.9. The molecule has 0 bridgehead atoms. The van der Waals surface area contributed by atoms with Crippen molar-refractivity contribution < 1.29 is 8.78 Å². The first kappa shape index (κ1) is 14.7. The smallest absolute Gasteiger partial charge is 0.128 e. The predicted molar refractivity (Wildman–Crippen MR) is 76.4 cm³/mol. The Morgan fingerprint density at radius 2 is 2.00 bits per heavy atom. The van der Waals surface area contributed by atoms with Crippen LogP contribution in [0.15, 0.2) is 36.5 Å². The van der Waals surface area contributed by atoms with Gasteiger partial charge in [0.05, 0.1) is 6.54 Å². The van der Waals surface area contributed by atoms with E-state index in [0.717, 1.165) is 24.8 Å². The van der Waals surface area contributed by atoms with Gasteiger partial charge in [-0.25, -0.2) is 8.78 Å². The molecule has 0 saturated heterocycles. The summed E-state index contributed by atoms with van der Waals surface area (Å²) in [5.74, 6) is -0.201. The Morgan fingerprint density at radius 1 is 1.20 bits per heavy atom. The molecule has 0 aliphatic carbocycles. The number of rotatable bonds is 6. The van der Waals surface area contributed by atoms with Crippen molar-refractivity contribution in [1.29, 1.82) is 0 Å². The van der Waals surface area contributed by atoms with E-state index >= 15 is 0 Å². The number of benzene rings is 1. The van der Waals surface area contributed by atoms with E-state index in [4.69, 9.17) is 0 Å².